The van der Waals surface area contributed by atoms with Crippen LogP contribution in [0.2, 0.25) is 0 Å². The Morgan fingerprint density at radius 3 is 2.00 bits per heavy atom. The molecule has 2 aromatic carbocycles. The number of hydrogen-bond acceptors (Lipinski definition) is 2. The van der Waals surface area contributed by atoms with E-state index in [9.17, 15) is 9.59 Å². The van der Waals surface area contributed by atoms with E-state index in [2.05, 4.69) is 0 Å². The summed E-state index contributed by atoms with van der Waals surface area (Å²) < 4.78 is 0. The van der Waals surface area contributed by atoms with Crippen molar-refractivity contribution in [3.8, 4) is 0 Å². The molecule has 2 aromatic rings. The van der Waals surface area contributed by atoms with Crippen LogP contribution >= 0.6 is 0 Å². The summed E-state index contributed by atoms with van der Waals surface area (Å²) in [6, 6.07) is 18.5. The zero-order chi connectivity index (χ0) is 14.9. The van der Waals surface area contributed by atoms with Crippen LogP contribution in [0.5, 0.6) is 0 Å². The second kappa shape index (κ2) is 7.95. The third-order valence-electron chi connectivity index (χ3n) is 3.20. The van der Waals surface area contributed by atoms with Gasteiger partial charge in [-0.05, 0) is 18.9 Å². The van der Waals surface area contributed by atoms with E-state index in [0.717, 1.165) is 18.4 Å². The molecule has 0 atom stereocenters. The molecule has 0 spiro atoms. The molecule has 0 saturated carbocycles. The molecule has 106 valence electrons. The van der Waals surface area contributed by atoms with Gasteiger partial charge in [0.1, 0.15) is 0 Å². The van der Waals surface area contributed by atoms with E-state index < -0.39 is 0 Å². The van der Waals surface area contributed by atoms with Crippen molar-refractivity contribution in [2.24, 2.45) is 0 Å². The molecule has 0 amide bonds. The van der Waals surface area contributed by atoms with Gasteiger partial charge in [0, 0.05) is 17.5 Å². The number of carbonyl (C=O) groups is 2. The number of unbranched alkanes of at least 4 members (excludes halogenated alkanes) is 1. The Labute approximate surface area is 125 Å². The molecule has 2 heteroatoms. The highest BCUT2D eigenvalue weighted by Crippen LogP contribution is 2.07. The molecule has 0 radical (unpaired) electrons. The van der Waals surface area contributed by atoms with Crippen LogP contribution in [0, 0.1) is 0 Å². The first-order valence-electron chi connectivity index (χ1n) is 7.11. The fourth-order valence-corrected chi connectivity index (χ4v) is 2.04. The summed E-state index contributed by atoms with van der Waals surface area (Å²) in [7, 11) is 0. The number of rotatable bonds is 7. The fraction of sp³-hybridized carbons (Fsp3) is 0.158. The summed E-state index contributed by atoms with van der Waals surface area (Å²) in [4.78, 5) is 23.7. The molecule has 0 heterocycles. The van der Waals surface area contributed by atoms with Crippen molar-refractivity contribution in [3.05, 3.63) is 83.9 Å². The van der Waals surface area contributed by atoms with Crippen molar-refractivity contribution in [3.63, 3.8) is 0 Å². The van der Waals surface area contributed by atoms with Crippen molar-refractivity contribution in [1.82, 2.24) is 0 Å². The standard InChI is InChI=1S/C19H18O2/c20-18(16-10-4-1-5-11-16)14-8-3-9-15-19(21)17-12-6-2-7-13-17/h1-2,4-8,10-14H,3,9,15H2/b14-8+. The van der Waals surface area contributed by atoms with E-state index >= 15 is 0 Å². The molecular weight excluding hydrogens is 260 g/mol. The topological polar surface area (TPSA) is 34.1 Å². The van der Waals surface area contributed by atoms with Gasteiger partial charge in [-0.25, -0.2) is 0 Å². The lowest BCUT2D eigenvalue weighted by Crippen LogP contribution is -1.98. The Kier molecular flexibility index (Phi) is 5.65. The van der Waals surface area contributed by atoms with Gasteiger partial charge in [-0.1, -0.05) is 66.7 Å². The normalized spacial score (nSPS) is 10.7. The summed E-state index contributed by atoms with van der Waals surface area (Å²) >= 11 is 0. The molecule has 0 unspecified atom stereocenters. The van der Waals surface area contributed by atoms with Crippen LogP contribution in [0.25, 0.3) is 0 Å². The van der Waals surface area contributed by atoms with Crippen molar-refractivity contribution in [1.29, 1.82) is 0 Å². The second-order valence-corrected chi connectivity index (χ2v) is 4.81. The zero-order valence-corrected chi connectivity index (χ0v) is 11.9. The highest BCUT2D eigenvalue weighted by atomic mass is 16.1. The first kappa shape index (κ1) is 14.9. The number of benzene rings is 2. The lowest BCUT2D eigenvalue weighted by Gasteiger charge is -1.99. The summed E-state index contributed by atoms with van der Waals surface area (Å²) in [5.74, 6) is 0.156. The van der Waals surface area contributed by atoms with Crippen molar-refractivity contribution in [2.45, 2.75) is 19.3 Å². The summed E-state index contributed by atoms with van der Waals surface area (Å²) in [6.45, 7) is 0. The van der Waals surface area contributed by atoms with Crippen LogP contribution in [0.15, 0.2) is 72.8 Å². The SMILES string of the molecule is O=C(/C=C/CCCC(=O)c1ccccc1)c1ccccc1. The van der Waals surface area contributed by atoms with Crippen LogP contribution in [0.1, 0.15) is 40.0 Å². The van der Waals surface area contributed by atoms with Crippen molar-refractivity contribution in [2.75, 3.05) is 0 Å². The van der Waals surface area contributed by atoms with Crippen LogP contribution in [0.4, 0.5) is 0 Å². The maximum absolute atomic E-state index is 11.9. The quantitative estimate of drug-likeness (QED) is 0.425. The lowest BCUT2D eigenvalue weighted by atomic mass is 10.1. The van der Waals surface area contributed by atoms with Gasteiger partial charge in [-0.3, -0.25) is 9.59 Å². The number of Topliss-reactive ketones (excluding diaryl/α,β-unsaturated/α-hetero) is 1. The van der Waals surface area contributed by atoms with Crippen LogP contribution in [-0.4, -0.2) is 11.6 Å². The maximum atomic E-state index is 11.9. The second-order valence-electron chi connectivity index (χ2n) is 4.81. The first-order valence-corrected chi connectivity index (χ1v) is 7.11. The van der Waals surface area contributed by atoms with Gasteiger partial charge in [0.25, 0.3) is 0 Å². The third-order valence-corrected chi connectivity index (χ3v) is 3.20. The summed E-state index contributed by atoms with van der Waals surface area (Å²) in [5.41, 5.74) is 1.44. The van der Waals surface area contributed by atoms with E-state index in [1.54, 1.807) is 18.2 Å². The van der Waals surface area contributed by atoms with E-state index in [4.69, 9.17) is 0 Å². The molecule has 21 heavy (non-hydrogen) atoms. The molecule has 0 aliphatic heterocycles. The summed E-state index contributed by atoms with van der Waals surface area (Å²) in [5, 5.41) is 0. The van der Waals surface area contributed by atoms with Gasteiger partial charge in [-0.2, -0.15) is 0 Å². The fourth-order valence-electron chi connectivity index (χ4n) is 2.04. The van der Waals surface area contributed by atoms with Crippen LogP contribution in [0.3, 0.4) is 0 Å². The number of hydrogen-bond donors (Lipinski definition) is 0. The average Bonchev–Trinajstić information content (AvgIpc) is 2.55. The minimum atomic E-state index is 0.00462. The highest BCUT2D eigenvalue weighted by molar-refractivity contribution is 6.04. The van der Waals surface area contributed by atoms with Crippen molar-refractivity contribution < 1.29 is 9.59 Å². The first-order chi connectivity index (χ1) is 10.3. The molecule has 0 N–H and O–H groups in total. The molecule has 0 aliphatic carbocycles. The number of ketones is 2. The number of allylic oxidation sites excluding steroid dienone is 2. The molecule has 0 saturated heterocycles. The molecule has 0 fully saturated rings. The highest BCUT2D eigenvalue weighted by Gasteiger charge is 2.03. The smallest absolute Gasteiger partial charge is 0.185 e. The molecule has 0 aliphatic rings. The predicted octanol–water partition coefficient (Wildman–Crippen LogP) is 4.48. The number of carbonyl (C=O) groups excluding carboxylic acids is 2. The van der Waals surface area contributed by atoms with Gasteiger partial charge in [-0.15, -0.1) is 0 Å². The monoisotopic (exact) mass is 278 g/mol. The summed E-state index contributed by atoms with van der Waals surface area (Å²) in [6.07, 6.45) is 5.42. The molecule has 2 nitrogen and oxygen atoms in total. The lowest BCUT2D eigenvalue weighted by molar-refractivity contribution is 0.0980. The van der Waals surface area contributed by atoms with E-state index in [1.165, 1.54) is 0 Å². The Morgan fingerprint density at radius 2 is 1.38 bits per heavy atom. The van der Waals surface area contributed by atoms with Gasteiger partial charge < -0.3 is 0 Å². The minimum absolute atomic E-state index is 0.00462. The van der Waals surface area contributed by atoms with Gasteiger partial charge in [0.05, 0.1) is 0 Å². The minimum Gasteiger partial charge on any atom is -0.294 e. The molecule has 2 rings (SSSR count). The maximum Gasteiger partial charge on any atom is 0.185 e. The van der Waals surface area contributed by atoms with Gasteiger partial charge >= 0.3 is 0 Å². The molecule has 0 aromatic heterocycles. The van der Waals surface area contributed by atoms with Gasteiger partial charge in [0.15, 0.2) is 11.6 Å². The Hall–Kier alpha value is -2.48. The predicted molar refractivity (Wildman–Crippen MR) is 84.5 cm³/mol. The van der Waals surface area contributed by atoms with Crippen LogP contribution < -0.4 is 0 Å². The Balaban J connectivity index is 1.74. The van der Waals surface area contributed by atoms with E-state index in [-0.39, 0.29) is 11.6 Å². The molecule has 0 bridgehead atoms. The zero-order valence-electron chi connectivity index (χ0n) is 11.9. The van der Waals surface area contributed by atoms with Gasteiger partial charge in [0.2, 0.25) is 0 Å². The van der Waals surface area contributed by atoms with E-state index in [0.29, 0.717) is 12.0 Å². The largest absolute Gasteiger partial charge is 0.294 e. The van der Waals surface area contributed by atoms with Crippen molar-refractivity contribution >= 4 is 11.6 Å². The molecular formula is C19H18O2. The Bertz CT molecular complexity index is 613. The Morgan fingerprint density at radius 1 is 0.810 bits per heavy atom. The average molecular weight is 278 g/mol. The van der Waals surface area contributed by atoms with Crippen LogP contribution in [-0.2, 0) is 0 Å². The van der Waals surface area contributed by atoms with E-state index in [1.807, 2.05) is 54.6 Å². The third kappa shape index (κ3) is 4.84.